The molecule has 0 unspecified atom stereocenters. The molecule has 0 amide bonds. The third kappa shape index (κ3) is 6.11. The van der Waals surface area contributed by atoms with Gasteiger partial charge in [0.2, 0.25) is 0 Å². The van der Waals surface area contributed by atoms with Crippen molar-refractivity contribution in [3.63, 3.8) is 0 Å². The smallest absolute Gasteiger partial charge is 0.247 e. The molecule has 0 aromatic carbocycles. The lowest BCUT2D eigenvalue weighted by atomic mass is 10.5. The lowest BCUT2D eigenvalue weighted by Gasteiger charge is -2.13. The normalized spacial score (nSPS) is 11.2. The molecule has 0 atom stereocenters. The molecule has 14 nitrogen and oxygen atoms in total. The van der Waals surface area contributed by atoms with E-state index in [2.05, 4.69) is 26.3 Å². The average Bonchev–Trinajstić information content (AvgIpc) is 2.84. The monoisotopic (exact) mass is 536 g/mol. The maximum atomic E-state index is 12.7. The van der Waals surface area contributed by atoms with E-state index < -0.39 is 68.6 Å². The molecule has 0 spiro atoms. The van der Waals surface area contributed by atoms with Crippen LogP contribution in [0.5, 0.6) is 0 Å². The van der Waals surface area contributed by atoms with E-state index >= 15 is 0 Å². The van der Waals surface area contributed by atoms with Crippen LogP contribution in [0.4, 0.5) is 0 Å². The van der Waals surface area contributed by atoms with Crippen molar-refractivity contribution in [3.05, 3.63) is 114 Å². The first-order valence-electron chi connectivity index (χ1n) is 11.0. The molecule has 0 N–H and O–H groups in total. The second-order valence-corrected chi connectivity index (χ2v) is 10.1. The SMILES string of the molecule is C=CCn1c(=O)n(CC=C)c(=O)n(CCS(=O)(=O)CCn2c(=O)n(CC=C)c(=O)n(CC=C)c2=O)c1=O. The van der Waals surface area contributed by atoms with Crippen LogP contribution in [0.15, 0.2) is 79.4 Å². The largest absolute Gasteiger partial charge is 0.336 e. The van der Waals surface area contributed by atoms with E-state index in [-0.39, 0.29) is 26.2 Å². The maximum absolute atomic E-state index is 12.7. The fraction of sp³-hybridized carbons (Fsp3) is 0.364. The highest BCUT2D eigenvalue weighted by molar-refractivity contribution is 7.91. The lowest BCUT2D eigenvalue weighted by molar-refractivity contribution is 0.482. The van der Waals surface area contributed by atoms with Gasteiger partial charge in [-0.3, -0.25) is 0 Å². The summed E-state index contributed by atoms with van der Waals surface area (Å²) < 4.78 is 29.6. The van der Waals surface area contributed by atoms with Gasteiger partial charge in [-0.15, -0.1) is 26.3 Å². The molecule has 2 aromatic rings. The highest BCUT2D eigenvalue weighted by Gasteiger charge is 2.20. The number of sulfone groups is 1. The molecule has 200 valence electrons. The van der Waals surface area contributed by atoms with E-state index in [0.29, 0.717) is 9.13 Å². The van der Waals surface area contributed by atoms with Gasteiger partial charge in [-0.2, -0.15) is 0 Å². The predicted octanol–water partition coefficient (Wildman–Crippen LogP) is -2.48. The van der Waals surface area contributed by atoms with Crippen molar-refractivity contribution in [2.45, 2.75) is 39.3 Å². The van der Waals surface area contributed by atoms with Gasteiger partial charge in [-0.1, -0.05) is 24.3 Å². The molecule has 0 saturated carbocycles. The van der Waals surface area contributed by atoms with Crippen LogP contribution in [0.25, 0.3) is 0 Å². The molecular formula is C22H28N6O8S. The van der Waals surface area contributed by atoms with Gasteiger partial charge in [0.15, 0.2) is 9.84 Å². The molecule has 2 heterocycles. The van der Waals surface area contributed by atoms with Crippen LogP contribution in [0, 0.1) is 0 Å². The average molecular weight is 537 g/mol. The van der Waals surface area contributed by atoms with Gasteiger partial charge in [0.05, 0.1) is 37.7 Å². The first-order valence-corrected chi connectivity index (χ1v) is 12.8. The van der Waals surface area contributed by atoms with Gasteiger partial charge in [-0.05, 0) is 0 Å². The Kier molecular flexibility index (Phi) is 9.48. The lowest BCUT2D eigenvalue weighted by Crippen LogP contribution is -2.55. The summed E-state index contributed by atoms with van der Waals surface area (Å²) in [6.07, 6.45) is 5.09. The van der Waals surface area contributed by atoms with E-state index in [4.69, 9.17) is 0 Å². The zero-order valence-electron chi connectivity index (χ0n) is 20.2. The van der Waals surface area contributed by atoms with Crippen molar-refractivity contribution >= 4 is 9.84 Å². The highest BCUT2D eigenvalue weighted by Crippen LogP contribution is 1.94. The number of allylic oxidation sites excluding steroid dienone is 4. The summed E-state index contributed by atoms with van der Waals surface area (Å²) >= 11 is 0. The second kappa shape index (κ2) is 12.1. The van der Waals surface area contributed by atoms with Gasteiger partial charge in [0.1, 0.15) is 0 Å². The van der Waals surface area contributed by atoms with Gasteiger partial charge in [0, 0.05) is 13.1 Å². The van der Waals surface area contributed by atoms with Crippen LogP contribution in [-0.2, 0) is 49.1 Å². The highest BCUT2D eigenvalue weighted by atomic mass is 32.2. The molecule has 0 fully saturated rings. The maximum Gasteiger partial charge on any atom is 0.336 e. The number of hydrogen-bond acceptors (Lipinski definition) is 8. The summed E-state index contributed by atoms with van der Waals surface area (Å²) in [6.45, 7) is 11.9. The summed E-state index contributed by atoms with van der Waals surface area (Å²) in [4.78, 5) is 75.6. The van der Waals surface area contributed by atoms with E-state index in [9.17, 15) is 37.2 Å². The van der Waals surface area contributed by atoms with E-state index in [1.54, 1.807) is 0 Å². The standard InChI is InChI=1S/C22H28N6O8S/c1-5-9-23-17(29)24(10-6-2)20(32)27(19(23)31)13-15-37(35,36)16-14-28-21(33)25(11-7-3)18(30)26(12-8-4)22(28)34/h5-8H,1-4,9-16H2. The van der Waals surface area contributed by atoms with Crippen molar-refractivity contribution < 1.29 is 8.42 Å². The molecule has 37 heavy (non-hydrogen) atoms. The molecule has 0 bridgehead atoms. The number of nitrogens with zero attached hydrogens (tertiary/aromatic N) is 6. The van der Waals surface area contributed by atoms with Gasteiger partial charge < -0.3 is 0 Å². The summed E-state index contributed by atoms with van der Waals surface area (Å²) in [6, 6.07) is 0. The second-order valence-electron chi connectivity index (χ2n) is 7.75. The third-order valence-electron chi connectivity index (χ3n) is 5.27. The fourth-order valence-electron chi connectivity index (χ4n) is 3.45. The Hall–Kier alpha value is -4.27. The Morgan fingerprint density at radius 1 is 0.459 bits per heavy atom. The predicted molar refractivity (Wildman–Crippen MR) is 138 cm³/mol. The number of rotatable bonds is 14. The van der Waals surface area contributed by atoms with Gasteiger partial charge in [-0.25, -0.2) is 64.6 Å². The van der Waals surface area contributed by atoms with Gasteiger partial charge in [0.25, 0.3) is 0 Å². The zero-order chi connectivity index (χ0) is 27.9. The molecule has 0 saturated heterocycles. The quantitative estimate of drug-likeness (QED) is 0.239. The van der Waals surface area contributed by atoms with Crippen molar-refractivity contribution in [2.24, 2.45) is 0 Å². The van der Waals surface area contributed by atoms with Crippen LogP contribution in [0.3, 0.4) is 0 Å². The van der Waals surface area contributed by atoms with Crippen LogP contribution in [0.2, 0.25) is 0 Å². The van der Waals surface area contributed by atoms with Crippen LogP contribution in [0.1, 0.15) is 0 Å². The molecule has 15 heteroatoms. The van der Waals surface area contributed by atoms with Crippen molar-refractivity contribution in [3.8, 4) is 0 Å². The molecule has 0 aliphatic heterocycles. The molecule has 0 radical (unpaired) electrons. The number of aromatic nitrogens is 6. The fourth-order valence-corrected chi connectivity index (χ4v) is 4.58. The Morgan fingerprint density at radius 2 is 0.676 bits per heavy atom. The van der Waals surface area contributed by atoms with Crippen molar-refractivity contribution in [1.29, 1.82) is 0 Å². The van der Waals surface area contributed by atoms with Gasteiger partial charge >= 0.3 is 34.1 Å². The third-order valence-corrected chi connectivity index (χ3v) is 6.88. The Labute approximate surface area is 210 Å². The minimum absolute atomic E-state index is 0.206. The Morgan fingerprint density at radius 3 is 0.892 bits per heavy atom. The van der Waals surface area contributed by atoms with Crippen LogP contribution in [-0.4, -0.2) is 47.3 Å². The first-order chi connectivity index (χ1) is 17.4. The van der Waals surface area contributed by atoms with Crippen LogP contribution < -0.4 is 34.1 Å². The Bertz CT molecular complexity index is 1480. The number of hydrogen-bond donors (Lipinski definition) is 0. The van der Waals surface area contributed by atoms with E-state index in [1.165, 1.54) is 24.3 Å². The topological polar surface area (TPSA) is 166 Å². The summed E-state index contributed by atoms with van der Waals surface area (Å²) in [5.74, 6) is -1.41. The molecule has 0 aliphatic carbocycles. The summed E-state index contributed by atoms with van der Waals surface area (Å²) in [5, 5.41) is 0. The summed E-state index contributed by atoms with van der Waals surface area (Å²) in [7, 11) is -4.04. The molecular weight excluding hydrogens is 508 g/mol. The minimum atomic E-state index is -4.04. The van der Waals surface area contributed by atoms with E-state index in [0.717, 1.165) is 18.3 Å². The minimum Gasteiger partial charge on any atom is -0.247 e. The van der Waals surface area contributed by atoms with Crippen molar-refractivity contribution in [2.75, 3.05) is 11.5 Å². The first kappa shape index (κ1) is 29.0. The Balaban J connectivity index is 2.43. The molecule has 2 rings (SSSR count). The summed E-state index contributed by atoms with van der Waals surface area (Å²) in [5.41, 5.74) is -5.82. The van der Waals surface area contributed by atoms with Crippen molar-refractivity contribution in [1.82, 2.24) is 27.4 Å². The zero-order valence-corrected chi connectivity index (χ0v) is 21.0. The van der Waals surface area contributed by atoms with E-state index in [1.807, 2.05) is 0 Å². The van der Waals surface area contributed by atoms with Crippen LogP contribution >= 0.6 is 0 Å². The molecule has 0 aliphatic rings. The molecule has 2 aromatic heterocycles.